The average molecular weight is 331 g/mol. The third kappa shape index (κ3) is 10.3. The molecule has 0 atom stereocenters. The predicted molar refractivity (Wildman–Crippen MR) is 110 cm³/mol. The maximum atomic E-state index is 2.56. The first-order valence-electron chi connectivity index (χ1n) is 10.6. The van der Waals surface area contributed by atoms with E-state index in [1.807, 2.05) is 0 Å². The monoisotopic (exact) mass is 330 g/mol. The van der Waals surface area contributed by atoms with E-state index >= 15 is 0 Å². The van der Waals surface area contributed by atoms with Gasteiger partial charge in [0.1, 0.15) is 0 Å². The Hall–Kier alpha value is 0.430. The van der Waals surface area contributed by atoms with Crippen molar-refractivity contribution in [2.45, 2.75) is 117 Å². The molecular formula is C21H47P. The topological polar surface area (TPSA) is 0 Å². The molecule has 0 aromatic rings. The van der Waals surface area contributed by atoms with Crippen molar-refractivity contribution in [2.75, 3.05) is 18.5 Å². The van der Waals surface area contributed by atoms with Crippen LogP contribution in [-0.4, -0.2) is 24.1 Å². The minimum atomic E-state index is -1.02. The van der Waals surface area contributed by atoms with Gasteiger partial charge in [0.15, 0.2) is 0 Å². The molecule has 0 heterocycles. The fourth-order valence-corrected chi connectivity index (χ4v) is 9.30. The van der Waals surface area contributed by atoms with Gasteiger partial charge in [0.25, 0.3) is 0 Å². The summed E-state index contributed by atoms with van der Waals surface area (Å²) in [4.78, 5) is 0. The summed E-state index contributed by atoms with van der Waals surface area (Å²) in [5.41, 5.74) is 0.998. The summed E-state index contributed by atoms with van der Waals surface area (Å²) in [5.74, 6) is 0. The summed E-state index contributed by atoms with van der Waals surface area (Å²) >= 11 is 0. The summed E-state index contributed by atoms with van der Waals surface area (Å²) in [7, 11) is -1.02. The van der Waals surface area contributed by atoms with E-state index in [9.17, 15) is 0 Å². The van der Waals surface area contributed by atoms with E-state index in [2.05, 4.69) is 34.6 Å². The molecule has 0 aliphatic carbocycles. The predicted octanol–water partition coefficient (Wildman–Crippen LogP) is 7.89. The van der Waals surface area contributed by atoms with E-state index in [0.717, 1.165) is 5.66 Å². The van der Waals surface area contributed by atoms with Crippen molar-refractivity contribution >= 4 is 7.26 Å². The van der Waals surface area contributed by atoms with E-state index in [1.54, 1.807) is 18.5 Å². The quantitative estimate of drug-likeness (QED) is 0.199. The SMILES string of the molecule is CCCCCC[PH](CCCCCC)(CCCCCC)C(C)C. The third-order valence-corrected chi connectivity index (χ3v) is 12.3. The molecule has 0 amide bonds. The van der Waals surface area contributed by atoms with Gasteiger partial charge in [0, 0.05) is 0 Å². The van der Waals surface area contributed by atoms with Gasteiger partial charge in [-0.3, -0.25) is 0 Å². The first-order valence-corrected chi connectivity index (χ1v) is 13.3. The molecule has 0 rings (SSSR count). The van der Waals surface area contributed by atoms with Crippen LogP contribution in [0.25, 0.3) is 0 Å². The molecule has 1 heteroatoms. The first-order chi connectivity index (χ1) is 10.6. The van der Waals surface area contributed by atoms with Gasteiger partial charge < -0.3 is 0 Å². The van der Waals surface area contributed by atoms with Crippen LogP contribution in [0.4, 0.5) is 0 Å². The van der Waals surface area contributed by atoms with Crippen LogP contribution >= 0.6 is 7.26 Å². The zero-order valence-corrected chi connectivity index (χ0v) is 17.7. The normalized spacial score (nSPS) is 13.0. The van der Waals surface area contributed by atoms with Crippen LogP contribution in [0.15, 0.2) is 0 Å². The average Bonchev–Trinajstić information content (AvgIpc) is 2.51. The first kappa shape index (κ1) is 22.4. The van der Waals surface area contributed by atoms with Crippen LogP contribution < -0.4 is 0 Å². The van der Waals surface area contributed by atoms with E-state index in [4.69, 9.17) is 0 Å². The van der Waals surface area contributed by atoms with E-state index in [0.29, 0.717) is 0 Å². The second kappa shape index (κ2) is 15.0. The van der Waals surface area contributed by atoms with Gasteiger partial charge in [-0.1, -0.05) is 0 Å². The molecule has 0 saturated carbocycles. The molecule has 0 aliphatic heterocycles. The Balaban J connectivity index is 4.48. The minimum absolute atomic E-state index is 0.998. The van der Waals surface area contributed by atoms with Crippen LogP contribution in [0, 0.1) is 0 Å². The second-order valence-corrected chi connectivity index (χ2v) is 13.3. The van der Waals surface area contributed by atoms with Gasteiger partial charge in [-0.15, -0.1) is 0 Å². The Bertz CT molecular complexity index is 191. The van der Waals surface area contributed by atoms with Crippen LogP contribution in [0.1, 0.15) is 112 Å². The Morgan fingerprint density at radius 3 is 1.05 bits per heavy atom. The number of rotatable bonds is 16. The van der Waals surface area contributed by atoms with Crippen molar-refractivity contribution in [3.63, 3.8) is 0 Å². The Morgan fingerprint density at radius 1 is 0.500 bits per heavy atom. The summed E-state index contributed by atoms with van der Waals surface area (Å²) in [6.07, 6.45) is 22.4. The van der Waals surface area contributed by atoms with Crippen molar-refractivity contribution < 1.29 is 0 Å². The zero-order valence-electron chi connectivity index (χ0n) is 16.7. The molecule has 0 spiro atoms. The second-order valence-electron chi connectivity index (χ2n) is 7.95. The van der Waals surface area contributed by atoms with Crippen LogP contribution in [0.2, 0.25) is 0 Å². The number of hydrogen-bond acceptors (Lipinski definition) is 0. The molecular weight excluding hydrogens is 283 g/mol. The molecule has 0 bridgehead atoms. The van der Waals surface area contributed by atoms with Gasteiger partial charge in [-0.2, -0.15) is 0 Å². The fourth-order valence-electron chi connectivity index (χ4n) is 3.95. The molecule has 0 nitrogen and oxygen atoms in total. The summed E-state index contributed by atoms with van der Waals surface area (Å²) in [6.45, 7) is 12.1. The Morgan fingerprint density at radius 2 is 0.818 bits per heavy atom. The standard InChI is InChI=1S/C21H47P/c1-6-9-12-15-18-22(21(4)5,19-16-13-10-7-2)20-17-14-11-8-3/h21-22H,6-20H2,1-5H3. The van der Waals surface area contributed by atoms with Gasteiger partial charge >= 0.3 is 143 Å². The van der Waals surface area contributed by atoms with Gasteiger partial charge in [-0.25, -0.2) is 0 Å². The molecule has 0 saturated heterocycles. The van der Waals surface area contributed by atoms with Gasteiger partial charge in [0.05, 0.1) is 0 Å². The summed E-state index contributed by atoms with van der Waals surface area (Å²) in [5, 5.41) is 0. The Kier molecular flexibility index (Phi) is 15.3. The van der Waals surface area contributed by atoms with E-state index in [1.165, 1.54) is 77.0 Å². The molecule has 0 aromatic heterocycles. The summed E-state index contributed by atoms with van der Waals surface area (Å²) in [6, 6.07) is 0. The summed E-state index contributed by atoms with van der Waals surface area (Å²) < 4.78 is 0. The molecule has 0 aliphatic rings. The molecule has 0 N–H and O–H groups in total. The number of hydrogen-bond donors (Lipinski definition) is 0. The van der Waals surface area contributed by atoms with Crippen LogP contribution in [0.3, 0.4) is 0 Å². The van der Waals surface area contributed by atoms with Crippen LogP contribution in [0.5, 0.6) is 0 Å². The Labute approximate surface area is 143 Å². The third-order valence-electron chi connectivity index (χ3n) is 5.81. The van der Waals surface area contributed by atoms with Gasteiger partial charge in [-0.05, 0) is 0 Å². The number of unbranched alkanes of at least 4 members (excludes halogenated alkanes) is 9. The van der Waals surface area contributed by atoms with Crippen molar-refractivity contribution in [3.05, 3.63) is 0 Å². The maximum absolute atomic E-state index is 2.56. The zero-order chi connectivity index (χ0) is 16.7. The van der Waals surface area contributed by atoms with E-state index in [-0.39, 0.29) is 0 Å². The van der Waals surface area contributed by atoms with Crippen molar-refractivity contribution in [3.8, 4) is 0 Å². The van der Waals surface area contributed by atoms with Crippen LogP contribution in [-0.2, 0) is 0 Å². The van der Waals surface area contributed by atoms with E-state index < -0.39 is 7.26 Å². The molecule has 136 valence electrons. The molecule has 0 fully saturated rings. The molecule has 0 unspecified atom stereocenters. The molecule has 22 heavy (non-hydrogen) atoms. The molecule has 0 aromatic carbocycles. The fraction of sp³-hybridized carbons (Fsp3) is 1.00. The van der Waals surface area contributed by atoms with Gasteiger partial charge in [0.2, 0.25) is 0 Å². The van der Waals surface area contributed by atoms with Crippen molar-refractivity contribution in [2.24, 2.45) is 0 Å². The van der Waals surface area contributed by atoms with Crippen molar-refractivity contribution in [1.29, 1.82) is 0 Å². The van der Waals surface area contributed by atoms with Crippen molar-refractivity contribution in [1.82, 2.24) is 0 Å². The molecule has 0 radical (unpaired) electrons.